The highest BCUT2D eigenvalue weighted by atomic mass is 16.5. The van der Waals surface area contributed by atoms with Crippen molar-refractivity contribution in [2.24, 2.45) is 17.8 Å². The summed E-state index contributed by atoms with van der Waals surface area (Å²) in [6, 6.07) is 4.76. The zero-order valence-electron chi connectivity index (χ0n) is 16.6. The lowest BCUT2D eigenvalue weighted by Crippen LogP contribution is -2.63. The van der Waals surface area contributed by atoms with Gasteiger partial charge in [-0.05, 0) is 81.3 Å². The van der Waals surface area contributed by atoms with E-state index in [4.69, 9.17) is 4.74 Å². The third-order valence-corrected chi connectivity index (χ3v) is 8.27. The molecule has 0 radical (unpaired) electrons. The fourth-order valence-corrected chi connectivity index (χ4v) is 7.72. The summed E-state index contributed by atoms with van der Waals surface area (Å²) in [6.45, 7) is 0. The van der Waals surface area contributed by atoms with E-state index in [9.17, 15) is 4.79 Å². The molecule has 0 spiro atoms. The number of carbonyl (C=O) groups excluding carboxylic acids is 1. The summed E-state index contributed by atoms with van der Waals surface area (Å²) in [5.41, 5.74) is 0.105. The zero-order valence-corrected chi connectivity index (χ0v) is 16.6. The molecular formula is C23H31N3O2. The average molecular weight is 382 g/mol. The SMILES string of the molecule is O=C(NC12CC3CC(CC(C3)C1)C2)N1C2CCC1CC(Oc1cccnc1)C2. The second kappa shape index (κ2) is 6.36. The molecule has 2 amide bonds. The van der Waals surface area contributed by atoms with Crippen LogP contribution in [0.25, 0.3) is 0 Å². The number of pyridine rings is 1. The standard InChI is InChI=1S/C23H31N3O2/c27-22(25-23-11-15-6-16(12-23)8-17(7-15)13-23)26-18-3-4-19(26)10-21(9-18)28-20-2-1-5-24-14-20/h1-2,5,14-19,21H,3-4,6-13H2,(H,25,27). The lowest BCUT2D eigenvalue weighted by Gasteiger charge is -2.57. The molecular weight excluding hydrogens is 350 g/mol. The van der Waals surface area contributed by atoms with Crippen molar-refractivity contribution in [2.75, 3.05) is 0 Å². The van der Waals surface area contributed by atoms with E-state index in [0.29, 0.717) is 12.1 Å². The molecule has 2 unspecified atom stereocenters. The Bertz CT molecular complexity index is 702. The molecule has 0 aromatic carbocycles. The van der Waals surface area contributed by atoms with Crippen molar-refractivity contribution in [1.82, 2.24) is 15.2 Å². The second-order valence-corrected chi connectivity index (χ2v) is 10.3. The van der Waals surface area contributed by atoms with Crippen LogP contribution in [0.2, 0.25) is 0 Å². The van der Waals surface area contributed by atoms with Crippen LogP contribution >= 0.6 is 0 Å². The molecule has 2 saturated heterocycles. The summed E-state index contributed by atoms with van der Waals surface area (Å²) in [5, 5.41) is 3.60. The number of nitrogens with zero attached hydrogens (tertiary/aromatic N) is 2. The van der Waals surface area contributed by atoms with Crippen LogP contribution < -0.4 is 10.1 Å². The molecule has 28 heavy (non-hydrogen) atoms. The third kappa shape index (κ3) is 2.89. The van der Waals surface area contributed by atoms with Crippen LogP contribution in [0, 0.1) is 17.8 Å². The van der Waals surface area contributed by atoms with Gasteiger partial charge in [-0.1, -0.05) is 0 Å². The number of nitrogens with one attached hydrogen (secondary N) is 1. The van der Waals surface area contributed by atoms with Crippen molar-refractivity contribution in [1.29, 1.82) is 0 Å². The van der Waals surface area contributed by atoms with Gasteiger partial charge in [-0.3, -0.25) is 4.98 Å². The van der Waals surface area contributed by atoms with Crippen LogP contribution in [0.15, 0.2) is 24.5 Å². The van der Waals surface area contributed by atoms with Gasteiger partial charge in [0.1, 0.15) is 11.9 Å². The molecule has 6 fully saturated rings. The van der Waals surface area contributed by atoms with E-state index in [0.717, 1.165) is 49.2 Å². The molecule has 6 aliphatic rings. The fraction of sp³-hybridized carbons (Fsp3) is 0.739. The van der Waals surface area contributed by atoms with E-state index in [1.165, 1.54) is 38.5 Å². The Morgan fingerprint density at radius 2 is 1.68 bits per heavy atom. The Kier molecular flexibility index (Phi) is 3.89. The van der Waals surface area contributed by atoms with Crippen molar-refractivity contribution in [2.45, 2.75) is 87.9 Å². The molecule has 4 aliphatic carbocycles. The van der Waals surface area contributed by atoms with Gasteiger partial charge in [-0.25, -0.2) is 4.79 Å². The van der Waals surface area contributed by atoms with Crippen molar-refractivity contribution < 1.29 is 9.53 Å². The van der Waals surface area contributed by atoms with Gasteiger partial charge in [0.25, 0.3) is 0 Å². The number of rotatable bonds is 3. The van der Waals surface area contributed by atoms with Crippen LogP contribution in [0.1, 0.15) is 64.2 Å². The smallest absolute Gasteiger partial charge is 0.318 e. The average Bonchev–Trinajstić information content (AvgIpc) is 2.92. The minimum absolute atomic E-state index is 0.105. The summed E-state index contributed by atoms with van der Waals surface area (Å²) in [7, 11) is 0. The van der Waals surface area contributed by atoms with E-state index in [1.807, 2.05) is 12.1 Å². The van der Waals surface area contributed by atoms with Crippen LogP contribution in [-0.4, -0.2) is 39.6 Å². The number of hydrogen-bond acceptors (Lipinski definition) is 3. The summed E-state index contributed by atoms with van der Waals surface area (Å²) in [6.07, 6.45) is 15.8. The minimum atomic E-state index is 0.105. The van der Waals surface area contributed by atoms with E-state index < -0.39 is 0 Å². The summed E-state index contributed by atoms with van der Waals surface area (Å²) < 4.78 is 6.18. The molecule has 1 aromatic heterocycles. The Labute approximate surface area is 167 Å². The number of carbonyl (C=O) groups is 1. The first-order valence-electron chi connectivity index (χ1n) is 11.3. The van der Waals surface area contributed by atoms with Crippen LogP contribution in [0.3, 0.4) is 0 Å². The summed E-state index contributed by atoms with van der Waals surface area (Å²) >= 11 is 0. The molecule has 2 atom stereocenters. The maximum Gasteiger partial charge on any atom is 0.318 e. The third-order valence-electron chi connectivity index (χ3n) is 8.27. The summed E-state index contributed by atoms with van der Waals surface area (Å²) in [4.78, 5) is 19.7. The van der Waals surface area contributed by atoms with E-state index in [-0.39, 0.29) is 17.7 Å². The van der Waals surface area contributed by atoms with Gasteiger partial charge in [-0.15, -0.1) is 0 Å². The Morgan fingerprint density at radius 1 is 1.04 bits per heavy atom. The highest BCUT2D eigenvalue weighted by Crippen LogP contribution is 2.55. The predicted octanol–water partition coefficient (Wildman–Crippen LogP) is 4.13. The lowest BCUT2D eigenvalue weighted by molar-refractivity contribution is -0.0187. The van der Waals surface area contributed by atoms with Gasteiger partial charge >= 0.3 is 6.03 Å². The first-order chi connectivity index (χ1) is 13.7. The maximum atomic E-state index is 13.4. The summed E-state index contributed by atoms with van der Waals surface area (Å²) in [5.74, 6) is 3.43. The predicted molar refractivity (Wildman–Crippen MR) is 106 cm³/mol. The molecule has 7 rings (SSSR count). The Morgan fingerprint density at radius 3 is 2.25 bits per heavy atom. The van der Waals surface area contributed by atoms with Gasteiger partial charge in [0.2, 0.25) is 0 Å². The normalized spacial score (nSPS) is 43.2. The molecule has 1 aromatic rings. The van der Waals surface area contributed by atoms with E-state index >= 15 is 0 Å². The molecule has 5 heteroatoms. The van der Waals surface area contributed by atoms with Gasteiger partial charge in [0, 0.05) is 36.7 Å². The molecule has 4 saturated carbocycles. The lowest BCUT2D eigenvalue weighted by atomic mass is 9.53. The van der Waals surface area contributed by atoms with Crippen molar-refractivity contribution in [3.63, 3.8) is 0 Å². The van der Waals surface area contributed by atoms with Gasteiger partial charge in [-0.2, -0.15) is 0 Å². The highest BCUT2D eigenvalue weighted by molar-refractivity contribution is 5.76. The monoisotopic (exact) mass is 381 g/mol. The van der Waals surface area contributed by atoms with Crippen LogP contribution in [0.4, 0.5) is 4.79 Å². The van der Waals surface area contributed by atoms with Gasteiger partial charge in [0.05, 0.1) is 6.20 Å². The molecule has 1 N–H and O–H groups in total. The van der Waals surface area contributed by atoms with Gasteiger partial charge < -0.3 is 15.0 Å². The fourth-order valence-electron chi connectivity index (χ4n) is 7.72. The number of piperidine rings is 1. The zero-order chi connectivity index (χ0) is 18.7. The van der Waals surface area contributed by atoms with Crippen LogP contribution in [0.5, 0.6) is 5.75 Å². The minimum Gasteiger partial charge on any atom is -0.489 e. The maximum absolute atomic E-state index is 13.4. The van der Waals surface area contributed by atoms with Gasteiger partial charge in [0.15, 0.2) is 0 Å². The molecule has 5 nitrogen and oxygen atoms in total. The number of ether oxygens (including phenoxy) is 1. The van der Waals surface area contributed by atoms with Crippen LogP contribution in [-0.2, 0) is 0 Å². The van der Waals surface area contributed by atoms with E-state index in [2.05, 4.69) is 15.2 Å². The largest absolute Gasteiger partial charge is 0.489 e. The highest BCUT2D eigenvalue weighted by Gasteiger charge is 2.53. The number of aromatic nitrogens is 1. The van der Waals surface area contributed by atoms with Crippen molar-refractivity contribution >= 4 is 6.03 Å². The molecule has 3 heterocycles. The number of fused-ring (bicyclic) bond motifs is 2. The quantitative estimate of drug-likeness (QED) is 0.856. The first kappa shape index (κ1) is 17.1. The van der Waals surface area contributed by atoms with Crippen molar-refractivity contribution in [3.05, 3.63) is 24.5 Å². The molecule has 150 valence electrons. The topological polar surface area (TPSA) is 54.5 Å². The molecule has 6 bridgehead atoms. The number of hydrogen-bond donors (Lipinski definition) is 1. The number of urea groups is 1. The Balaban J connectivity index is 1.13. The molecule has 2 aliphatic heterocycles. The Hall–Kier alpha value is -1.78. The van der Waals surface area contributed by atoms with E-state index in [1.54, 1.807) is 12.4 Å². The van der Waals surface area contributed by atoms with Crippen molar-refractivity contribution in [3.8, 4) is 5.75 Å². The second-order valence-electron chi connectivity index (χ2n) is 10.3. The first-order valence-corrected chi connectivity index (χ1v) is 11.3. The number of amides is 2.